The zero-order valence-electron chi connectivity index (χ0n) is 21.5. The van der Waals surface area contributed by atoms with E-state index in [0.29, 0.717) is 12.0 Å². The highest BCUT2D eigenvalue weighted by molar-refractivity contribution is 5.93. The molecule has 1 saturated carbocycles. The van der Waals surface area contributed by atoms with Gasteiger partial charge in [0.2, 0.25) is 0 Å². The predicted molar refractivity (Wildman–Crippen MR) is 133 cm³/mol. The number of nitrogens with one attached hydrogen (secondary N) is 1. The number of amides is 1. The van der Waals surface area contributed by atoms with Crippen molar-refractivity contribution < 1.29 is 22.7 Å². The zero-order chi connectivity index (χ0) is 25.9. The first-order valence-corrected chi connectivity index (χ1v) is 13.1. The molecule has 2 aliphatic heterocycles. The van der Waals surface area contributed by atoms with Crippen molar-refractivity contribution in [1.82, 2.24) is 14.9 Å². The minimum atomic E-state index is -4.62. The molecule has 9 heteroatoms. The normalized spacial score (nSPS) is 20.3. The van der Waals surface area contributed by atoms with E-state index >= 15 is 0 Å². The van der Waals surface area contributed by atoms with Crippen LogP contribution in [0.4, 0.5) is 18.9 Å². The molecule has 3 aliphatic rings. The van der Waals surface area contributed by atoms with Gasteiger partial charge in [-0.05, 0) is 81.0 Å². The van der Waals surface area contributed by atoms with Gasteiger partial charge in [-0.2, -0.15) is 0 Å². The standard InChI is InChI=1S/C15H18F3NO.C12H19N3O/c1-11-10-14(11)6-8-19(9-7-14)12-2-4-13(5-3-12)20-15(16,17)18;1-3-9-11(12(16)13-4-2)15-8-6-5-7-10(15)14-9/h2-5,11H,6-10H2,1H3;3-8H2,1-2H3,(H,13,16). The van der Waals surface area contributed by atoms with E-state index < -0.39 is 6.36 Å². The average Bonchev–Trinajstić information content (AvgIpc) is 3.30. The molecule has 5 rings (SSSR count). The van der Waals surface area contributed by atoms with Gasteiger partial charge in [-0.3, -0.25) is 4.79 Å². The summed E-state index contributed by atoms with van der Waals surface area (Å²) in [5, 5.41) is 2.87. The number of ether oxygens (including phenoxy) is 1. The van der Waals surface area contributed by atoms with E-state index in [0.717, 1.165) is 67.7 Å². The van der Waals surface area contributed by atoms with Crippen LogP contribution in [0.25, 0.3) is 0 Å². The number of benzene rings is 1. The number of carbonyl (C=O) groups excluding carboxylic acids is 1. The lowest BCUT2D eigenvalue weighted by molar-refractivity contribution is -0.274. The van der Waals surface area contributed by atoms with Crippen LogP contribution in [0.2, 0.25) is 0 Å². The van der Waals surface area contributed by atoms with Crippen LogP contribution >= 0.6 is 0 Å². The molecule has 2 aromatic rings. The maximum Gasteiger partial charge on any atom is 0.573 e. The third-order valence-corrected chi connectivity index (χ3v) is 7.83. The molecular formula is C27H37F3N4O2. The molecule has 1 spiro atoms. The number of aryl methyl sites for hydroxylation is 2. The number of imidazole rings is 1. The Morgan fingerprint density at radius 3 is 2.36 bits per heavy atom. The van der Waals surface area contributed by atoms with Crippen LogP contribution in [-0.4, -0.2) is 41.5 Å². The molecule has 1 aliphatic carbocycles. The molecule has 1 aromatic heterocycles. The first-order chi connectivity index (χ1) is 17.2. The van der Waals surface area contributed by atoms with Gasteiger partial charge < -0.3 is 19.5 Å². The molecule has 1 N–H and O–H groups in total. The van der Waals surface area contributed by atoms with E-state index in [-0.39, 0.29) is 11.7 Å². The minimum absolute atomic E-state index is 0.0278. The molecular weight excluding hydrogens is 469 g/mol. The molecule has 1 amide bonds. The van der Waals surface area contributed by atoms with Gasteiger partial charge in [-0.1, -0.05) is 13.8 Å². The minimum Gasteiger partial charge on any atom is -0.406 e. The Labute approximate surface area is 211 Å². The fraction of sp³-hybridized carbons (Fsp3) is 0.630. The number of alkyl halides is 3. The summed E-state index contributed by atoms with van der Waals surface area (Å²) in [6.45, 7) is 9.89. The van der Waals surface area contributed by atoms with Crippen molar-refractivity contribution >= 4 is 11.6 Å². The Balaban J connectivity index is 0.000000174. The van der Waals surface area contributed by atoms with E-state index in [1.165, 1.54) is 37.8 Å². The predicted octanol–water partition coefficient (Wildman–Crippen LogP) is 5.74. The zero-order valence-corrected chi connectivity index (χ0v) is 21.5. The fourth-order valence-electron chi connectivity index (χ4n) is 5.60. The van der Waals surface area contributed by atoms with Crippen LogP contribution in [0.3, 0.4) is 0 Å². The second-order valence-electron chi connectivity index (χ2n) is 10.1. The van der Waals surface area contributed by atoms with E-state index in [1.807, 2.05) is 6.92 Å². The molecule has 2 fully saturated rings. The van der Waals surface area contributed by atoms with E-state index in [2.05, 4.69) is 38.4 Å². The quantitative estimate of drug-likeness (QED) is 0.562. The van der Waals surface area contributed by atoms with Crippen molar-refractivity contribution in [2.75, 3.05) is 24.5 Å². The van der Waals surface area contributed by atoms with Crippen LogP contribution in [0.5, 0.6) is 5.75 Å². The highest BCUT2D eigenvalue weighted by Crippen LogP contribution is 2.59. The second kappa shape index (κ2) is 10.7. The number of hydrogen-bond acceptors (Lipinski definition) is 4. The van der Waals surface area contributed by atoms with Crippen molar-refractivity contribution in [3.63, 3.8) is 0 Å². The molecule has 0 bridgehead atoms. The monoisotopic (exact) mass is 506 g/mol. The molecule has 6 nitrogen and oxygen atoms in total. The molecule has 1 atom stereocenters. The summed E-state index contributed by atoms with van der Waals surface area (Å²) in [5.41, 5.74) is 3.28. The Hall–Kier alpha value is -2.71. The number of piperidine rings is 1. The Bertz CT molecular complexity index is 1040. The fourth-order valence-corrected chi connectivity index (χ4v) is 5.60. The summed E-state index contributed by atoms with van der Waals surface area (Å²) in [5.74, 6) is 1.79. The van der Waals surface area contributed by atoms with E-state index in [9.17, 15) is 18.0 Å². The number of nitrogens with zero attached hydrogens (tertiary/aromatic N) is 3. The highest BCUT2D eigenvalue weighted by atomic mass is 19.4. The van der Waals surface area contributed by atoms with Crippen molar-refractivity contribution in [3.8, 4) is 5.75 Å². The van der Waals surface area contributed by atoms with Gasteiger partial charge in [-0.15, -0.1) is 13.2 Å². The van der Waals surface area contributed by atoms with E-state index in [1.54, 1.807) is 12.1 Å². The summed E-state index contributed by atoms with van der Waals surface area (Å²) < 4.78 is 42.3. The molecule has 1 saturated heterocycles. The second-order valence-corrected chi connectivity index (χ2v) is 10.1. The van der Waals surface area contributed by atoms with Gasteiger partial charge in [0.25, 0.3) is 5.91 Å². The van der Waals surface area contributed by atoms with Crippen molar-refractivity contribution in [2.45, 2.75) is 78.6 Å². The van der Waals surface area contributed by atoms with Crippen LogP contribution in [-0.2, 0) is 19.4 Å². The molecule has 1 unspecified atom stereocenters. The SMILES string of the molecule is CC1CC12CCN(c1ccc(OC(F)(F)F)cc1)CC2.CCNC(=O)c1c(CC)nc2n1CCCC2. The number of aromatic nitrogens is 2. The average molecular weight is 507 g/mol. The molecule has 36 heavy (non-hydrogen) atoms. The summed E-state index contributed by atoms with van der Waals surface area (Å²) in [6.07, 6.45) is 3.26. The first kappa shape index (κ1) is 26.4. The van der Waals surface area contributed by atoms with Crippen LogP contribution in [0.15, 0.2) is 24.3 Å². The van der Waals surface area contributed by atoms with Gasteiger partial charge in [0.05, 0.1) is 5.69 Å². The van der Waals surface area contributed by atoms with Crippen molar-refractivity contribution in [2.24, 2.45) is 11.3 Å². The largest absolute Gasteiger partial charge is 0.573 e. The summed E-state index contributed by atoms with van der Waals surface area (Å²) in [6, 6.07) is 6.17. The van der Waals surface area contributed by atoms with Gasteiger partial charge >= 0.3 is 6.36 Å². The lowest BCUT2D eigenvalue weighted by Crippen LogP contribution is -2.35. The topological polar surface area (TPSA) is 59.4 Å². The van der Waals surface area contributed by atoms with E-state index in [4.69, 9.17) is 0 Å². The van der Waals surface area contributed by atoms with Crippen LogP contribution in [0, 0.1) is 11.3 Å². The van der Waals surface area contributed by atoms with Gasteiger partial charge in [-0.25, -0.2) is 4.98 Å². The number of rotatable bonds is 5. The van der Waals surface area contributed by atoms with Gasteiger partial charge in [0.15, 0.2) is 0 Å². The number of fused-ring (bicyclic) bond motifs is 1. The summed E-state index contributed by atoms with van der Waals surface area (Å²) in [4.78, 5) is 18.8. The molecule has 3 heterocycles. The third-order valence-electron chi connectivity index (χ3n) is 7.83. The maximum atomic E-state index is 12.1. The van der Waals surface area contributed by atoms with Crippen molar-refractivity contribution in [1.29, 1.82) is 0 Å². The lowest BCUT2D eigenvalue weighted by Gasteiger charge is -2.34. The number of carbonyl (C=O) groups is 1. The number of anilines is 1. The number of hydrogen-bond donors (Lipinski definition) is 1. The summed E-state index contributed by atoms with van der Waals surface area (Å²) >= 11 is 0. The Morgan fingerprint density at radius 2 is 1.81 bits per heavy atom. The Kier molecular flexibility index (Phi) is 7.85. The lowest BCUT2D eigenvalue weighted by atomic mass is 9.91. The summed E-state index contributed by atoms with van der Waals surface area (Å²) in [7, 11) is 0. The maximum absolute atomic E-state index is 12.1. The van der Waals surface area contributed by atoms with Crippen LogP contribution < -0.4 is 15.0 Å². The number of halogens is 3. The Morgan fingerprint density at radius 1 is 1.14 bits per heavy atom. The molecule has 0 radical (unpaired) electrons. The molecule has 198 valence electrons. The van der Waals surface area contributed by atoms with Gasteiger partial charge in [0, 0.05) is 38.3 Å². The van der Waals surface area contributed by atoms with Crippen LogP contribution in [0.1, 0.15) is 74.9 Å². The van der Waals surface area contributed by atoms with Gasteiger partial charge in [0.1, 0.15) is 17.3 Å². The molecule has 1 aromatic carbocycles. The highest BCUT2D eigenvalue weighted by Gasteiger charge is 2.51. The smallest absolute Gasteiger partial charge is 0.406 e. The van der Waals surface area contributed by atoms with Crippen molar-refractivity contribution in [3.05, 3.63) is 41.5 Å². The first-order valence-electron chi connectivity index (χ1n) is 13.1. The third kappa shape index (κ3) is 5.98.